The molecule has 142 valence electrons. The highest BCUT2D eigenvalue weighted by Gasteiger charge is 2.11. The second-order valence-corrected chi connectivity index (χ2v) is 7.49. The van der Waals surface area contributed by atoms with E-state index in [1.54, 1.807) is 18.4 Å². The maximum atomic E-state index is 12.3. The number of thiazole rings is 1. The van der Waals surface area contributed by atoms with Crippen molar-refractivity contribution in [2.75, 3.05) is 12.4 Å². The quantitative estimate of drug-likeness (QED) is 0.506. The van der Waals surface area contributed by atoms with E-state index in [0.29, 0.717) is 12.8 Å². The summed E-state index contributed by atoms with van der Waals surface area (Å²) in [6.45, 7) is 2.03. The second kappa shape index (κ2) is 7.86. The Morgan fingerprint density at radius 3 is 2.61 bits per heavy atom. The van der Waals surface area contributed by atoms with Crippen LogP contribution in [0.15, 0.2) is 60.1 Å². The summed E-state index contributed by atoms with van der Waals surface area (Å²) >= 11 is 1.59. The van der Waals surface area contributed by atoms with Crippen molar-refractivity contribution in [2.24, 2.45) is 0 Å². The predicted octanol–water partition coefficient (Wildman–Crippen LogP) is 4.95. The molecule has 0 atom stereocenters. The lowest BCUT2D eigenvalue weighted by Crippen LogP contribution is -2.12. The first-order chi connectivity index (χ1) is 13.6. The highest BCUT2D eigenvalue weighted by molar-refractivity contribution is 7.15. The zero-order valence-corrected chi connectivity index (χ0v) is 16.6. The van der Waals surface area contributed by atoms with Crippen molar-refractivity contribution in [1.82, 2.24) is 9.38 Å². The molecule has 0 saturated carbocycles. The summed E-state index contributed by atoms with van der Waals surface area (Å²) in [4.78, 5) is 17.9. The molecule has 0 fully saturated rings. The Labute approximate surface area is 167 Å². The first-order valence-electron chi connectivity index (χ1n) is 9.09. The normalized spacial score (nSPS) is 10.9. The zero-order valence-electron chi connectivity index (χ0n) is 15.8. The first kappa shape index (κ1) is 18.3. The molecule has 0 saturated heterocycles. The number of imidazole rings is 1. The number of rotatable bonds is 6. The van der Waals surface area contributed by atoms with Gasteiger partial charge in [-0.2, -0.15) is 0 Å². The number of nitrogens with zero attached hydrogens (tertiary/aromatic N) is 2. The van der Waals surface area contributed by atoms with Gasteiger partial charge in [-0.25, -0.2) is 4.98 Å². The molecule has 0 aliphatic rings. The Kier molecular flexibility index (Phi) is 5.12. The number of amides is 1. The lowest BCUT2D eigenvalue weighted by atomic mass is 10.1. The molecular formula is C22H21N3O2S. The third-order valence-corrected chi connectivity index (χ3v) is 5.50. The smallest absolute Gasteiger partial charge is 0.224 e. The van der Waals surface area contributed by atoms with Gasteiger partial charge in [0.05, 0.1) is 12.8 Å². The van der Waals surface area contributed by atoms with Crippen molar-refractivity contribution in [2.45, 2.75) is 19.8 Å². The molecule has 0 spiro atoms. The number of hydrogen-bond acceptors (Lipinski definition) is 4. The fourth-order valence-corrected chi connectivity index (χ4v) is 3.92. The van der Waals surface area contributed by atoms with E-state index in [2.05, 4.69) is 15.1 Å². The van der Waals surface area contributed by atoms with Gasteiger partial charge in [0.1, 0.15) is 5.75 Å². The van der Waals surface area contributed by atoms with Crippen LogP contribution < -0.4 is 10.1 Å². The fraction of sp³-hybridized carbons (Fsp3) is 0.182. The second-order valence-electron chi connectivity index (χ2n) is 6.65. The van der Waals surface area contributed by atoms with Crippen LogP contribution in [-0.2, 0) is 11.2 Å². The number of carbonyl (C=O) groups excluding carboxylic acids is 1. The molecular weight excluding hydrogens is 370 g/mol. The number of fused-ring (bicyclic) bond motifs is 1. The monoisotopic (exact) mass is 391 g/mol. The van der Waals surface area contributed by atoms with Gasteiger partial charge in [-0.3, -0.25) is 9.20 Å². The SMILES string of the molecule is COc1ccc(-c2cn3c(CCC(=O)Nc4ccc(C)cc4)csc3n2)cc1. The molecule has 1 N–H and O–H groups in total. The van der Waals surface area contributed by atoms with Crippen molar-refractivity contribution in [3.63, 3.8) is 0 Å². The van der Waals surface area contributed by atoms with Gasteiger partial charge in [0.15, 0.2) is 4.96 Å². The van der Waals surface area contributed by atoms with E-state index in [0.717, 1.165) is 33.3 Å². The van der Waals surface area contributed by atoms with Gasteiger partial charge < -0.3 is 10.1 Å². The molecule has 0 aliphatic heterocycles. The lowest BCUT2D eigenvalue weighted by Gasteiger charge is -2.05. The fourth-order valence-electron chi connectivity index (χ4n) is 3.01. The van der Waals surface area contributed by atoms with Crippen LogP contribution in [0, 0.1) is 6.92 Å². The maximum Gasteiger partial charge on any atom is 0.224 e. The standard InChI is InChI=1S/C22H21N3O2S/c1-15-3-7-17(8-4-15)23-21(26)12-9-18-14-28-22-24-20(13-25(18)22)16-5-10-19(27-2)11-6-16/h3-8,10-11,13-14H,9,12H2,1-2H3,(H,23,26). The van der Waals surface area contributed by atoms with Crippen molar-refractivity contribution >= 4 is 27.9 Å². The van der Waals surface area contributed by atoms with Crippen LogP contribution in [0.25, 0.3) is 16.2 Å². The third-order valence-electron chi connectivity index (χ3n) is 4.61. The number of benzene rings is 2. The molecule has 4 aromatic rings. The molecule has 0 bridgehead atoms. The summed E-state index contributed by atoms with van der Waals surface area (Å²) in [6, 6.07) is 15.7. The molecule has 4 rings (SSSR count). The highest BCUT2D eigenvalue weighted by Crippen LogP contribution is 2.26. The number of carbonyl (C=O) groups is 1. The van der Waals surface area contributed by atoms with E-state index in [-0.39, 0.29) is 5.91 Å². The topological polar surface area (TPSA) is 55.6 Å². The number of nitrogens with one attached hydrogen (secondary N) is 1. The van der Waals surface area contributed by atoms with Crippen molar-refractivity contribution < 1.29 is 9.53 Å². The van der Waals surface area contributed by atoms with Crippen LogP contribution in [0.1, 0.15) is 17.7 Å². The summed E-state index contributed by atoms with van der Waals surface area (Å²) in [6.07, 6.45) is 3.12. The van der Waals surface area contributed by atoms with E-state index in [1.807, 2.05) is 61.7 Å². The zero-order chi connectivity index (χ0) is 19.5. The van der Waals surface area contributed by atoms with E-state index in [9.17, 15) is 4.79 Å². The summed E-state index contributed by atoms with van der Waals surface area (Å²) in [5.41, 5.74) is 5.05. The minimum absolute atomic E-state index is 0.0127. The van der Waals surface area contributed by atoms with Crippen LogP contribution in [-0.4, -0.2) is 22.4 Å². The summed E-state index contributed by atoms with van der Waals surface area (Å²) in [5, 5.41) is 5.02. The molecule has 28 heavy (non-hydrogen) atoms. The third kappa shape index (κ3) is 3.92. The van der Waals surface area contributed by atoms with Crippen LogP contribution in [0.5, 0.6) is 5.75 Å². The minimum atomic E-state index is 0.0127. The van der Waals surface area contributed by atoms with E-state index >= 15 is 0 Å². The number of anilines is 1. The summed E-state index contributed by atoms with van der Waals surface area (Å²) < 4.78 is 7.28. The predicted molar refractivity (Wildman–Crippen MR) is 113 cm³/mol. The maximum absolute atomic E-state index is 12.3. The number of hydrogen-bond donors (Lipinski definition) is 1. The Bertz CT molecular complexity index is 1100. The van der Waals surface area contributed by atoms with Crippen LogP contribution in [0.2, 0.25) is 0 Å². The molecule has 6 heteroatoms. The molecule has 0 unspecified atom stereocenters. The van der Waals surface area contributed by atoms with Crippen LogP contribution in [0.4, 0.5) is 5.69 Å². The number of ether oxygens (including phenoxy) is 1. The molecule has 0 radical (unpaired) electrons. The first-order valence-corrected chi connectivity index (χ1v) is 9.97. The van der Waals surface area contributed by atoms with Gasteiger partial charge in [-0.05, 0) is 49.7 Å². The van der Waals surface area contributed by atoms with E-state index < -0.39 is 0 Å². The average molecular weight is 391 g/mol. The van der Waals surface area contributed by atoms with Crippen molar-refractivity contribution in [1.29, 1.82) is 0 Å². The number of aromatic nitrogens is 2. The van der Waals surface area contributed by atoms with Gasteiger partial charge >= 0.3 is 0 Å². The van der Waals surface area contributed by atoms with Crippen molar-refractivity contribution in [3.8, 4) is 17.0 Å². The minimum Gasteiger partial charge on any atom is -0.497 e. The van der Waals surface area contributed by atoms with Crippen molar-refractivity contribution in [3.05, 3.63) is 71.4 Å². The molecule has 1 amide bonds. The Morgan fingerprint density at radius 2 is 1.89 bits per heavy atom. The van der Waals surface area contributed by atoms with Crippen LogP contribution in [0.3, 0.4) is 0 Å². The van der Waals surface area contributed by atoms with Gasteiger partial charge in [0.2, 0.25) is 5.91 Å². The Morgan fingerprint density at radius 1 is 1.14 bits per heavy atom. The lowest BCUT2D eigenvalue weighted by molar-refractivity contribution is -0.116. The molecule has 5 nitrogen and oxygen atoms in total. The number of methoxy groups -OCH3 is 1. The van der Waals surface area contributed by atoms with Gasteiger partial charge in [-0.1, -0.05) is 17.7 Å². The molecule has 2 heterocycles. The summed E-state index contributed by atoms with van der Waals surface area (Å²) in [7, 11) is 1.66. The van der Waals surface area contributed by atoms with Gasteiger partial charge in [-0.15, -0.1) is 11.3 Å². The highest BCUT2D eigenvalue weighted by atomic mass is 32.1. The van der Waals surface area contributed by atoms with E-state index in [4.69, 9.17) is 9.72 Å². The van der Waals surface area contributed by atoms with Crippen LogP contribution >= 0.6 is 11.3 Å². The van der Waals surface area contributed by atoms with Gasteiger partial charge in [0.25, 0.3) is 0 Å². The largest absolute Gasteiger partial charge is 0.497 e. The molecule has 2 aromatic carbocycles. The van der Waals surface area contributed by atoms with Gasteiger partial charge in [0, 0.05) is 34.9 Å². The van der Waals surface area contributed by atoms with E-state index in [1.165, 1.54) is 5.56 Å². The average Bonchev–Trinajstić information content (AvgIpc) is 3.29. The summed E-state index contributed by atoms with van der Waals surface area (Å²) in [5.74, 6) is 0.837. The Balaban J connectivity index is 1.44. The number of aryl methyl sites for hydroxylation is 2. The molecule has 2 aromatic heterocycles. The Hall–Kier alpha value is -3.12. The molecule has 0 aliphatic carbocycles.